The number of hydrogen-bond donors (Lipinski definition) is 1. The van der Waals surface area contributed by atoms with Crippen molar-refractivity contribution in [2.75, 3.05) is 20.2 Å². The molecule has 1 N–H and O–H groups in total. The highest BCUT2D eigenvalue weighted by molar-refractivity contribution is 7.89. The number of rotatable bonds is 9. The Morgan fingerprint density at radius 3 is 2.27 bits per heavy atom. The first-order chi connectivity index (χ1) is 15.4. The number of sulfonamides is 1. The number of aryl methyl sites for hydroxylation is 1. The zero-order valence-corrected chi connectivity index (χ0v) is 20.9. The SMILES string of the molecule is CCN(CC)S(=O)(=O)c1ccc(Cl)c(C(=O)OC(C)C(=O)c2[nH]c(C)c(C(=O)OC)c2C)c1. The molecule has 11 heteroatoms. The van der Waals surface area contributed by atoms with Crippen molar-refractivity contribution in [3.63, 3.8) is 0 Å². The van der Waals surface area contributed by atoms with Crippen molar-refractivity contribution in [2.45, 2.75) is 45.6 Å². The first kappa shape index (κ1) is 26.6. The predicted octanol–water partition coefficient (Wildman–Crippen LogP) is 3.53. The van der Waals surface area contributed by atoms with Gasteiger partial charge in [0, 0.05) is 18.8 Å². The molecule has 0 spiro atoms. The largest absolute Gasteiger partial charge is 0.465 e. The van der Waals surface area contributed by atoms with E-state index in [2.05, 4.69) is 4.98 Å². The van der Waals surface area contributed by atoms with Crippen molar-refractivity contribution < 1.29 is 32.3 Å². The molecular weight excluding hydrogens is 472 g/mol. The van der Waals surface area contributed by atoms with Crippen molar-refractivity contribution in [1.29, 1.82) is 0 Å². The summed E-state index contributed by atoms with van der Waals surface area (Å²) in [6.07, 6.45) is -1.24. The Hall–Kier alpha value is -2.69. The zero-order valence-electron chi connectivity index (χ0n) is 19.3. The number of esters is 2. The molecule has 1 heterocycles. The minimum absolute atomic E-state index is 0.0157. The van der Waals surface area contributed by atoms with Crippen molar-refractivity contribution in [3.8, 4) is 0 Å². The number of benzene rings is 1. The van der Waals surface area contributed by atoms with Gasteiger partial charge in [0.1, 0.15) is 0 Å². The highest BCUT2D eigenvalue weighted by Gasteiger charge is 2.29. The van der Waals surface area contributed by atoms with E-state index in [1.165, 1.54) is 30.5 Å². The Bertz CT molecular complexity index is 1180. The number of hydrogen-bond acceptors (Lipinski definition) is 7. The number of ketones is 1. The lowest BCUT2D eigenvalue weighted by atomic mass is 10.1. The summed E-state index contributed by atoms with van der Waals surface area (Å²) in [5.74, 6) is -2.11. The molecule has 0 radical (unpaired) electrons. The van der Waals surface area contributed by atoms with Gasteiger partial charge in [-0.15, -0.1) is 0 Å². The lowest BCUT2D eigenvalue weighted by Gasteiger charge is -2.19. The summed E-state index contributed by atoms with van der Waals surface area (Å²) < 4.78 is 36.8. The van der Waals surface area contributed by atoms with Crippen LogP contribution in [0.1, 0.15) is 63.2 Å². The number of ether oxygens (including phenoxy) is 2. The Kier molecular flexibility index (Phi) is 8.45. The Morgan fingerprint density at radius 2 is 1.73 bits per heavy atom. The normalized spacial score (nSPS) is 12.5. The third kappa shape index (κ3) is 5.29. The Morgan fingerprint density at radius 1 is 1.12 bits per heavy atom. The fraction of sp³-hybridized carbons (Fsp3) is 0.409. The van der Waals surface area contributed by atoms with Crippen LogP contribution in [0.3, 0.4) is 0 Å². The maximum Gasteiger partial charge on any atom is 0.340 e. The number of H-pyrrole nitrogens is 1. The van der Waals surface area contributed by atoms with Crippen LogP contribution < -0.4 is 0 Å². The van der Waals surface area contributed by atoms with E-state index in [-0.39, 0.29) is 39.8 Å². The van der Waals surface area contributed by atoms with Crippen molar-refractivity contribution in [2.24, 2.45) is 0 Å². The summed E-state index contributed by atoms with van der Waals surface area (Å²) >= 11 is 6.12. The molecule has 0 aliphatic carbocycles. The maximum atomic E-state index is 12.9. The Balaban J connectivity index is 2.32. The molecular formula is C22H27ClN2O7S. The van der Waals surface area contributed by atoms with E-state index in [0.29, 0.717) is 11.3 Å². The van der Waals surface area contributed by atoms with E-state index in [9.17, 15) is 22.8 Å². The molecule has 0 aliphatic heterocycles. The third-order valence-electron chi connectivity index (χ3n) is 5.23. The highest BCUT2D eigenvalue weighted by atomic mass is 35.5. The van der Waals surface area contributed by atoms with Gasteiger partial charge in [-0.2, -0.15) is 4.31 Å². The number of methoxy groups -OCH3 is 1. The number of Topliss-reactive ketones (excluding diaryl/α,β-unsaturated/α-hetero) is 1. The van der Waals surface area contributed by atoms with Crippen LogP contribution in [0.5, 0.6) is 0 Å². The number of aromatic amines is 1. The molecule has 1 unspecified atom stereocenters. The van der Waals surface area contributed by atoms with Gasteiger partial charge in [0.2, 0.25) is 15.8 Å². The van der Waals surface area contributed by atoms with Gasteiger partial charge in [0.05, 0.1) is 33.8 Å². The number of nitrogens with zero attached hydrogens (tertiary/aromatic N) is 1. The lowest BCUT2D eigenvalue weighted by Crippen LogP contribution is -2.31. The van der Waals surface area contributed by atoms with E-state index < -0.39 is 33.8 Å². The first-order valence-electron chi connectivity index (χ1n) is 10.2. The fourth-order valence-corrected chi connectivity index (χ4v) is 5.10. The fourth-order valence-electron chi connectivity index (χ4n) is 3.42. The highest BCUT2D eigenvalue weighted by Crippen LogP contribution is 2.25. The van der Waals surface area contributed by atoms with Gasteiger partial charge in [0.15, 0.2) is 6.10 Å². The minimum Gasteiger partial charge on any atom is -0.465 e. The van der Waals surface area contributed by atoms with E-state index in [1.807, 2.05) is 0 Å². The summed E-state index contributed by atoms with van der Waals surface area (Å²) in [7, 11) is -2.59. The van der Waals surface area contributed by atoms with Gasteiger partial charge in [-0.3, -0.25) is 4.79 Å². The standard InChI is InChI=1S/C22H27ClN2O7S/c1-7-25(8-2)33(29,30)15-9-10-17(23)16(11-15)21(27)32-14(5)20(26)19-12(3)18(13(4)24-19)22(28)31-6/h9-11,14,24H,7-8H2,1-6H3. The second-order valence-electron chi connectivity index (χ2n) is 7.26. The molecule has 0 saturated heterocycles. The van der Waals surface area contributed by atoms with Gasteiger partial charge in [0.25, 0.3) is 0 Å². The molecule has 33 heavy (non-hydrogen) atoms. The van der Waals surface area contributed by atoms with Crippen LogP contribution >= 0.6 is 11.6 Å². The average molecular weight is 499 g/mol. The molecule has 180 valence electrons. The summed E-state index contributed by atoms with van der Waals surface area (Å²) in [5.41, 5.74) is 0.976. The van der Waals surface area contributed by atoms with Crippen LogP contribution in [0, 0.1) is 13.8 Å². The van der Waals surface area contributed by atoms with Crippen molar-refractivity contribution in [1.82, 2.24) is 9.29 Å². The van der Waals surface area contributed by atoms with E-state index >= 15 is 0 Å². The number of carbonyl (C=O) groups excluding carboxylic acids is 3. The van der Waals surface area contributed by atoms with Gasteiger partial charge in [-0.25, -0.2) is 18.0 Å². The molecule has 0 aliphatic rings. The van der Waals surface area contributed by atoms with Crippen LogP contribution in [0.4, 0.5) is 0 Å². The molecule has 0 bridgehead atoms. The smallest absolute Gasteiger partial charge is 0.340 e. The van der Waals surface area contributed by atoms with E-state index in [1.54, 1.807) is 27.7 Å². The molecule has 2 aromatic rings. The summed E-state index contributed by atoms with van der Waals surface area (Å²) in [4.78, 5) is 40.3. The molecule has 0 fully saturated rings. The molecule has 0 saturated carbocycles. The molecule has 2 rings (SSSR count). The summed E-state index contributed by atoms with van der Waals surface area (Å²) in [6, 6.07) is 3.73. The van der Waals surface area contributed by atoms with Gasteiger partial charge in [-0.1, -0.05) is 25.4 Å². The van der Waals surface area contributed by atoms with Crippen LogP contribution in [0.2, 0.25) is 5.02 Å². The number of carbonyl (C=O) groups is 3. The monoisotopic (exact) mass is 498 g/mol. The minimum atomic E-state index is -3.83. The predicted molar refractivity (Wildman–Crippen MR) is 122 cm³/mol. The zero-order chi connectivity index (χ0) is 25.1. The second-order valence-corrected chi connectivity index (χ2v) is 9.60. The topological polar surface area (TPSA) is 123 Å². The van der Waals surface area contributed by atoms with Crippen LogP contribution in [0.25, 0.3) is 0 Å². The van der Waals surface area contributed by atoms with E-state index in [4.69, 9.17) is 21.1 Å². The van der Waals surface area contributed by atoms with Crippen molar-refractivity contribution in [3.05, 3.63) is 51.3 Å². The molecule has 0 amide bonds. The van der Waals surface area contributed by atoms with Gasteiger partial charge < -0.3 is 14.5 Å². The Labute approximate surface area is 198 Å². The molecule has 1 atom stereocenters. The van der Waals surface area contributed by atoms with E-state index in [0.717, 1.165) is 6.07 Å². The number of halogens is 1. The molecule has 1 aromatic carbocycles. The van der Waals surface area contributed by atoms with Gasteiger partial charge in [-0.05, 0) is 44.5 Å². The molecule has 1 aromatic heterocycles. The van der Waals surface area contributed by atoms with Crippen LogP contribution in [-0.4, -0.2) is 61.7 Å². The first-order valence-corrected chi connectivity index (χ1v) is 12.0. The molecule has 9 nitrogen and oxygen atoms in total. The maximum absolute atomic E-state index is 12.9. The van der Waals surface area contributed by atoms with Crippen LogP contribution in [0.15, 0.2) is 23.1 Å². The number of nitrogens with one attached hydrogen (secondary N) is 1. The second kappa shape index (κ2) is 10.5. The summed E-state index contributed by atoms with van der Waals surface area (Å²) in [6.45, 7) is 8.50. The quantitative estimate of drug-likeness (QED) is 0.414. The summed E-state index contributed by atoms with van der Waals surface area (Å²) in [5, 5.41) is -0.0157. The van der Waals surface area contributed by atoms with Crippen molar-refractivity contribution >= 4 is 39.3 Å². The lowest BCUT2D eigenvalue weighted by molar-refractivity contribution is 0.0316. The van der Waals surface area contributed by atoms with Crippen LogP contribution in [-0.2, 0) is 19.5 Å². The third-order valence-corrected chi connectivity index (χ3v) is 7.60. The van der Waals surface area contributed by atoms with Gasteiger partial charge >= 0.3 is 11.9 Å². The number of aromatic nitrogens is 1. The average Bonchev–Trinajstić information content (AvgIpc) is 3.07.